The van der Waals surface area contributed by atoms with Gasteiger partial charge >= 0.3 is 0 Å². The van der Waals surface area contributed by atoms with Crippen LogP contribution in [0.1, 0.15) is 42.8 Å². The van der Waals surface area contributed by atoms with E-state index in [2.05, 4.69) is 81.8 Å². The molecule has 0 amide bonds. The number of nitrogens with one attached hydrogen (secondary N) is 2. The lowest BCUT2D eigenvalue weighted by atomic mass is 10.1. The van der Waals surface area contributed by atoms with Gasteiger partial charge < -0.3 is 14.7 Å². The van der Waals surface area contributed by atoms with Gasteiger partial charge in [-0.15, -0.1) is 22.7 Å². The van der Waals surface area contributed by atoms with Gasteiger partial charge in [0.1, 0.15) is 16.8 Å². The first kappa shape index (κ1) is 37.9. The monoisotopic (exact) mass is 810 g/mol. The second-order valence-corrected chi connectivity index (χ2v) is 16.0. The van der Waals surface area contributed by atoms with E-state index in [9.17, 15) is 0 Å². The zero-order valence-electron chi connectivity index (χ0n) is 31.9. The Morgan fingerprint density at radius 1 is 0.679 bits per heavy atom. The number of nitrogens with zero attached hydrogens (tertiary/aromatic N) is 14. The second-order valence-electron chi connectivity index (χ2n) is 13.8. The summed E-state index contributed by atoms with van der Waals surface area (Å²) in [7, 11) is 4.27. The molecule has 6 aromatic rings. The maximum absolute atomic E-state index is 6.59. The number of aromatic nitrogens is 10. The standard InChI is InChI=1S/C37H43ClN16S2/c1-6-30-43-35(49-36(45-30)53-13-10-51(4)11-14-53)48-33-41-25(19-29(38)42-33)28-18-23(21-56-28)26-20-54(15-12-52(26)5)37-46-31(7-2)44-34(50-37)47-32-39-22(3)17-24(40-32)27-9-8-16-55-27/h8-9,16-19,21,26H,6-7,10-15,20H2,1-5H3,(H,39,40,44,46,47,50)(H,41,42,43,45,48,49). The molecular weight excluding hydrogens is 768 g/mol. The quantitative estimate of drug-likeness (QED) is 0.148. The lowest BCUT2D eigenvalue weighted by molar-refractivity contribution is 0.220. The van der Waals surface area contributed by atoms with Gasteiger partial charge in [0.2, 0.25) is 35.7 Å². The highest BCUT2D eigenvalue weighted by molar-refractivity contribution is 7.13. The molecule has 1 unspecified atom stereocenters. The van der Waals surface area contributed by atoms with Crippen molar-refractivity contribution in [2.24, 2.45) is 0 Å². The molecule has 2 saturated heterocycles. The van der Waals surface area contributed by atoms with Gasteiger partial charge in [0.15, 0.2) is 0 Å². The summed E-state index contributed by atoms with van der Waals surface area (Å²) in [6, 6.07) is 10.1. The Morgan fingerprint density at radius 2 is 1.30 bits per heavy atom. The number of rotatable bonds is 11. The van der Waals surface area contributed by atoms with Crippen molar-refractivity contribution >= 4 is 70.0 Å². The molecular formula is C37H43ClN16S2. The third-order valence-corrected chi connectivity index (χ3v) is 11.8. The predicted octanol–water partition coefficient (Wildman–Crippen LogP) is 5.91. The molecule has 19 heteroatoms. The van der Waals surface area contributed by atoms with Gasteiger partial charge in [-0.3, -0.25) is 15.5 Å². The molecule has 2 N–H and O–H groups in total. The Labute approximate surface area is 338 Å². The fourth-order valence-electron chi connectivity index (χ4n) is 6.58. The minimum atomic E-state index is 0.0843. The van der Waals surface area contributed by atoms with Crippen molar-refractivity contribution in [3.63, 3.8) is 0 Å². The van der Waals surface area contributed by atoms with Crippen molar-refractivity contribution < 1.29 is 0 Å². The van der Waals surface area contributed by atoms with Crippen molar-refractivity contribution in [2.45, 2.75) is 39.7 Å². The lowest BCUT2D eigenvalue weighted by Crippen LogP contribution is -2.47. The molecule has 0 saturated carbocycles. The maximum atomic E-state index is 6.59. The average Bonchev–Trinajstić information content (AvgIpc) is 3.92. The zero-order valence-corrected chi connectivity index (χ0v) is 34.3. The predicted molar refractivity (Wildman–Crippen MR) is 223 cm³/mol. The van der Waals surface area contributed by atoms with Crippen molar-refractivity contribution in [1.82, 2.24) is 59.6 Å². The largest absolute Gasteiger partial charge is 0.338 e. The number of hydrogen-bond donors (Lipinski definition) is 2. The molecule has 2 aliphatic rings. The minimum absolute atomic E-state index is 0.0843. The van der Waals surface area contributed by atoms with E-state index in [1.54, 1.807) is 28.7 Å². The third-order valence-electron chi connectivity index (χ3n) is 9.72. The smallest absolute Gasteiger partial charge is 0.234 e. The molecule has 2 aliphatic heterocycles. The summed E-state index contributed by atoms with van der Waals surface area (Å²) >= 11 is 9.84. The zero-order chi connectivity index (χ0) is 38.8. The third kappa shape index (κ3) is 8.68. The summed E-state index contributed by atoms with van der Waals surface area (Å²) in [5, 5.41) is 11.0. The molecule has 8 heterocycles. The van der Waals surface area contributed by atoms with Crippen LogP contribution in [0.2, 0.25) is 5.15 Å². The fourth-order valence-corrected chi connectivity index (χ4v) is 8.37. The van der Waals surface area contributed by atoms with E-state index in [1.165, 1.54) is 5.56 Å². The SMILES string of the molecule is CCc1nc(Nc2nc(C)cc(-c3cccs3)n2)nc(N2CCN(C)C(c3csc(-c4cc(Cl)nc(Nc5nc(CC)nc(N6CCN(C)CC6)n5)n4)c3)C2)n1. The van der Waals surface area contributed by atoms with Crippen LogP contribution >= 0.6 is 34.3 Å². The van der Waals surface area contributed by atoms with E-state index >= 15 is 0 Å². The van der Waals surface area contributed by atoms with Gasteiger partial charge in [0, 0.05) is 70.4 Å². The summed E-state index contributed by atoms with van der Waals surface area (Å²) in [5.74, 6) is 4.27. The Kier molecular flexibility index (Phi) is 11.2. The molecule has 2 fully saturated rings. The maximum Gasteiger partial charge on any atom is 0.234 e. The van der Waals surface area contributed by atoms with Crippen molar-refractivity contribution in [2.75, 3.05) is 80.3 Å². The number of hydrogen-bond acceptors (Lipinski definition) is 18. The van der Waals surface area contributed by atoms with Gasteiger partial charge in [-0.2, -0.15) is 29.9 Å². The molecule has 0 bridgehead atoms. The summed E-state index contributed by atoms with van der Waals surface area (Å²) < 4.78 is 0. The Morgan fingerprint density at radius 3 is 1.96 bits per heavy atom. The molecule has 0 aliphatic carbocycles. The molecule has 1 atom stereocenters. The number of piperazine rings is 2. The lowest BCUT2D eigenvalue weighted by Gasteiger charge is -2.39. The van der Waals surface area contributed by atoms with Crippen LogP contribution in [0.5, 0.6) is 0 Å². The van der Waals surface area contributed by atoms with Crippen LogP contribution in [-0.2, 0) is 12.8 Å². The van der Waals surface area contributed by atoms with Crippen molar-refractivity contribution in [3.8, 4) is 21.1 Å². The van der Waals surface area contributed by atoms with E-state index in [0.29, 0.717) is 77.6 Å². The van der Waals surface area contributed by atoms with Crippen molar-refractivity contribution in [1.29, 1.82) is 0 Å². The van der Waals surface area contributed by atoms with Crippen LogP contribution < -0.4 is 20.4 Å². The van der Waals surface area contributed by atoms with E-state index < -0.39 is 0 Å². The molecule has 0 spiro atoms. The van der Waals surface area contributed by atoms with Gasteiger partial charge in [-0.25, -0.2) is 19.9 Å². The first-order valence-corrected chi connectivity index (χ1v) is 20.8. The van der Waals surface area contributed by atoms with Gasteiger partial charge in [-0.1, -0.05) is 31.5 Å². The van der Waals surface area contributed by atoms with Crippen LogP contribution in [0.15, 0.2) is 41.1 Å². The average molecular weight is 811 g/mol. The molecule has 0 radical (unpaired) electrons. The van der Waals surface area contributed by atoms with Crippen molar-refractivity contribution in [3.05, 3.63) is 69.2 Å². The van der Waals surface area contributed by atoms with Crippen LogP contribution in [-0.4, -0.2) is 120 Å². The van der Waals surface area contributed by atoms with E-state index in [-0.39, 0.29) is 6.04 Å². The first-order valence-electron chi connectivity index (χ1n) is 18.6. The van der Waals surface area contributed by atoms with Crippen LogP contribution in [0.4, 0.5) is 35.7 Å². The fraction of sp³-hybridized carbons (Fsp3) is 0.405. The highest BCUT2D eigenvalue weighted by atomic mass is 35.5. The number of thiophene rings is 2. The molecule has 6 aromatic heterocycles. The molecule has 56 heavy (non-hydrogen) atoms. The topological polar surface area (TPSA) is 166 Å². The van der Waals surface area contributed by atoms with Gasteiger partial charge in [-0.05, 0) is 55.5 Å². The van der Waals surface area contributed by atoms with E-state index in [1.807, 2.05) is 38.3 Å². The normalized spacial score (nSPS) is 16.7. The minimum Gasteiger partial charge on any atom is -0.338 e. The molecule has 8 rings (SSSR count). The van der Waals surface area contributed by atoms with E-state index in [4.69, 9.17) is 41.5 Å². The molecule has 290 valence electrons. The highest BCUT2D eigenvalue weighted by Gasteiger charge is 2.29. The molecule has 0 aromatic carbocycles. The van der Waals surface area contributed by atoms with E-state index in [0.717, 1.165) is 60.4 Å². The first-order chi connectivity index (χ1) is 27.2. The molecule has 16 nitrogen and oxygen atoms in total. The Balaban J connectivity index is 1.00. The number of aryl methyl sites for hydroxylation is 3. The number of halogens is 1. The number of likely N-dealkylation sites (N-methyl/N-ethyl adjacent to an activating group) is 2. The summed E-state index contributed by atoms with van der Waals surface area (Å²) in [6.07, 6.45) is 1.34. The summed E-state index contributed by atoms with van der Waals surface area (Å²) in [6.45, 7) is 11.9. The van der Waals surface area contributed by atoms with Crippen LogP contribution in [0.25, 0.3) is 21.1 Å². The Bertz CT molecular complexity index is 2290. The highest BCUT2D eigenvalue weighted by Crippen LogP contribution is 2.35. The second kappa shape index (κ2) is 16.6. The van der Waals surface area contributed by atoms with Gasteiger partial charge in [0.25, 0.3) is 0 Å². The van der Waals surface area contributed by atoms with Crippen LogP contribution in [0, 0.1) is 6.92 Å². The Hall–Kier alpha value is -5.01. The number of anilines is 6. The summed E-state index contributed by atoms with van der Waals surface area (Å²) in [5.41, 5.74) is 3.59. The van der Waals surface area contributed by atoms with Gasteiger partial charge in [0.05, 0.1) is 27.2 Å². The van der Waals surface area contributed by atoms with Crippen LogP contribution in [0.3, 0.4) is 0 Å². The summed E-state index contributed by atoms with van der Waals surface area (Å²) in [4.78, 5) is 58.3.